The average Bonchev–Trinajstić information content (AvgIpc) is 2.77. The van der Waals surface area contributed by atoms with Crippen LogP contribution >= 0.6 is 0 Å². The van der Waals surface area contributed by atoms with Gasteiger partial charge >= 0.3 is 0 Å². The number of hydrogen-bond donors (Lipinski definition) is 1. The first-order chi connectivity index (χ1) is 13.8. The lowest BCUT2D eigenvalue weighted by Gasteiger charge is -2.24. The summed E-state index contributed by atoms with van der Waals surface area (Å²) in [6.45, 7) is 1.78. The minimum atomic E-state index is 0.800. The Bertz CT molecular complexity index is 1200. The second kappa shape index (κ2) is 6.80. The van der Waals surface area contributed by atoms with E-state index in [9.17, 15) is 0 Å². The van der Waals surface area contributed by atoms with E-state index >= 15 is 0 Å². The SMILES string of the molecule is COc1ccc(OC)c(-c2nc3ccc4ccccc4c3c3c2CNCC3)c1. The molecule has 2 heterocycles. The molecule has 0 saturated carbocycles. The van der Waals surface area contributed by atoms with Crippen molar-refractivity contribution in [2.24, 2.45) is 0 Å². The molecule has 0 unspecified atom stereocenters. The number of benzene rings is 3. The number of pyridine rings is 1. The Labute approximate surface area is 164 Å². The van der Waals surface area contributed by atoms with Gasteiger partial charge in [0.25, 0.3) is 0 Å². The Morgan fingerprint density at radius 2 is 1.82 bits per heavy atom. The standard InChI is InChI=1S/C24H22N2O2/c1-27-16-8-10-22(28-2)19(13-16)24-20-14-25-12-11-18(20)23-17-6-4-3-5-15(17)7-9-21(23)26-24/h3-10,13,25H,11-12,14H2,1-2H3. The van der Waals surface area contributed by atoms with Crippen LogP contribution in [0, 0.1) is 0 Å². The van der Waals surface area contributed by atoms with Crippen LogP contribution in [0.25, 0.3) is 32.9 Å². The first-order valence-electron chi connectivity index (χ1n) is 9.56. The van der Waals surface area contributed by atoms with Crippen molar-refractivity contribution in [2.45, 2.75) is 13.0 Å². The van der Waals surface area contributed by atoms with Crippen LogP contribution in [0.2, 0.25) is 0 Å². The van der Waals surface area contributed by atoms with E-state index in [1.54, 1.807) is 14.2 Å². The molecule has 0 amide bonds. The molecular weight excluding hydrogens is 348 g/mol. The lowest BCUT2D eigenvalue weighted by molar-refractivity contribution is 0.404. The van der Waals surface area contributed by atoms with Crippen LogP contribution in [-0.4, -0.2) is 25.7 Å². The topological polar surface area (TPSA) is 43.4 Å². The monoisotopic (exact) mass is 370 g/mol. The maximum absolute atomic E-state index is 5.66. The summed E-state index contributed by atoms with van der Waals surface area (Å²) < 4.78 is 11.1. The van der Waals surface area contributed by atoms with E-state index in [2.05, 4.69) is 41.7 Å². The molecule has 0 saturated heterocycles. The third kappa shape index (κ3) is 2.60. The minimum absolute atomic E-state index is 0.800. The van der Waals surface area contributed by atoms with Gasteiger partial charge in [-0.05, 0) is 59.1 Å². The van der Waals surface area contributed by atoms with Gasteiger partial charge in [-0.25, -0.2) is 4.98 Å². The molecule has 0 radical (unpaired) electrons. The van der Waals surface area contributed by atoms with Crippen LogP contribution in [-0.2, 0) is 13.0 Å². The van der Waals surface area contributed by atoms with Gasteiger partial charge in [0, 0.05) is 17.5 Å². The van der Waals surface area contributed by atoms with Crippen molar-refractivity contribution in [3.63, 3.8) is 0 Å². The molecule has 0 bridgehead atoms. The Morgan fingerprint density at radius 1 is 0.929 bits per heavy atom. The van der Waals surface area contributed by atoms with Crippen LogP contribution in [0.4, 0.5) is 0 Å². The zero-order chi connectivity index (χ0) is 19.1. The summed E-state index contributed by atoms with van der Waals surface area (Å²) in [6, 6.07) is 18.7. The molecule has 1 aliphatic rings. The summed E-state index contributed by atoms with van der Waals surface area (Å²) in [5, 5.41) is 7.32. The first-order valence-corrected chi connectivity index (χ1v) is 9.56. The van der Waals surface area contributed by atoms with E-state index in [1.165, 1.54) is 27.3 Å². The van der Waals surface area contributed by atoms with Crippen molar-refractivity contribution < 1.29 is 9.47 Å². The summed E-state index contributed by atoms with van der Waals surface area (Å²) in [5.74, 6) is 1.61. The Hall–Kier alpha value is -3.11. The zero-order valence-corrected chi connectivity index (χ0v) is 16.1. The second-order valence-electron chi connectivity index (χ2n) is 7.09. The fraction of sp³-hybridized carbons (Fsp3) is 0.208. The molecule has 4 heteroatoms. The Kier molecular flexibility index (Phi) is 4.14. The first kappa shape index (κ1) is 17.0. The molecule has 0 aliphatic carbocycles. The third-order valence-electron chi connectivity index (χ3n) is 5.61. The molecular formula is C24H22N2O2. The predicted molar refractivity (Wildman–Crippen MR) is 113 cm³/mol. The summed E-state index contributed by atoms with van der Waals surface area (Å²) >= 11 is 0. The Balaban J connectivity index is 1.88. The highest BCUT2D eigenvalue weighted by Crippen LogP contribution is 2.40. The van der Waals surface area contributed by atoms with Gasteiger partial charge in [0.1, 0.15) is 11.5 Å². The summed E-state index contributed by atoms with van der Waals surface area (Å²) in [4.78, 5) is 5.12. The number of nitrogens with one attached hydrogen (secondary N) is 1. The molecule has 1 aliphatic heterocycles. The van der Waals surface area contributed by atoms with Crippen molar-refractivity contribution in [2.75, 3.05) is 20.8 Å². The van der Waals surface area contributed by atoms with Gasteiger partial charge in [-0.3, -0.25) is 0 Å². The van der Waals surface area contributed by atoms with Gasteiger partial charge in [0.05, 0.1) is 25.4 Å². The van der Waals surface area contributed by atoms with Crippen molar-refractivity contribution in [3.8, 4) is 22.8 Å². The zero-order valence-electron chi connectivity index (χ0n) is 16.1. The van der Waals surface area contributed by atoms with Crippen LogP contribution in [0.15, 0.2) is 54.6 Å². The maximum Gasteiger partial charge on any atom is 0.128 e. The minimum Gasteiger partial charge on any atom is -0.497 e. The molecule has 5 rings (SSSR count). The van der Waals surface area contributed by atoms with Gasteiger partial charge in [0.2, 0.25) is 0 Å². The number of hydrogen-bond acceptors (Lipinski definition) is 4. The van der Waals surface area contributed by atoms with Gasteiger partial charge in [-0.1, -0.05) is 30.3 Å². The number of fused-ring (bicyclic) bond motifs is 5. The molecule has 1 N–H and O–H groups in total. The van der Waals surface area contributed by atoms with Gasteiger partial charge in [-0.2, -0.15) is 0 Å². The van der Waals surface area contributed by atoms with E-state index in [0.29, 0.717) is 0 Å². The molecule has 4 aromatic rings. The van der Waals surface area contributed by atoms with Crippen LogP contribution < -0.4 is 14.8 Å². The van der Waals surface area contributed by atoms with E-state index in [-0.39, 0.29) is 0 Å². The van der Waals surface area contributed by atoms with Crippen molar-refractivity contribution in [3.05, 3.63) is 65.7 Å². The molecule has 1 aromatic heterocycles. The second-order valence-corrected chi connectivity index (χ2v) is 7.09. The largest absolute Gasteiger partial charge is 0.497 e. The summed E-state index contributed by atoms with van der Waals surface area (Å²) in [6.07, 6.45) is 0.988. The van der Waals surface area contributed by atoms with Crippen molar-refractivity contribution >= 4 is 21.7 Å². The highest BCUT2D eigenvalue weighted by Gasteiger charge is 2.22. The molecule has 140 valence electrons. The average molecular weight is 370 g/mol. The highest BCUT2D eigenvalue weighted by atomic mass is 16.5. The van der Waals surface area contributed by atoms with Gasteiger partial charge in [0.15, 0.2) is 0 Å². The van der Waals surface area contributed by atoms with E-state index in [0.717, 1.165) is 47.8 Å². The number of methoxy groups -OCH3 is 2. The smallest absolute Gasteiger partial charge is 0.128 e. The van der Waals surface area contributed by atoms with Gasteiger partial charge in [-0.15, -0.1) is 0 Å². The molecule has 0 fully saturated rings. The molecule has 4 nitrogen and oxygen atoms in total. The van der Waals surface area contributed by atoms with Crippen molar-refractivity contribution in [1.82, 2.24) is 10.3 Å². The summed E-state index contributed by atoms with van der Waals surface area (Å²) in [5.41, 5.74) is 5.61. The lowest BCUT2D eigenvalue weighted by atomic mass is 9.90. The lowest BCUT2D eigenvalue weighted by Crippen LogP contribution is -2.25. The normalized spacial score (nSPS) is 13.5. The number of ether oxygens (including phenoxy) is 2. The molecule has 3 aromatic carbocycles. The number of nitrogens with zero attached hydrogens (tertiary/aromatic N) is 1. The number of aromatic nitrogens is 1. The summed E-state index contributed by atoms with van der Waals surface area (Å²) in [7, 11) is 3.38. The maximum atomic E-state index is 5.66. The van der Waals surface area contributed by atoms with Gasteiger partial charge < -0.3 is 14.8 Å². The van der Waals surface area contributed by atoms with Crippen LogP contribution in [0.1, 0.15) is 11.1 Å². The van der Waals surface area contributed by atoms with E-state index < -0.39 is 0 Å². The van der Waals surface area contributed by atoms with E-state index in [1.807, 2.05) is 18.2 Å². The molecule has 0 spiro atoms. The van der Waals surface area contributed by atoms with Crippen LogP contribution in [0.3, 0.4) is 0 Å². The molecule has 0 atom stereocenters. The number of rotatable bonds is 3. The predicted octanol–water partition coefficient (Wildman–Crippen LogP) is 4.72. The molecule has 28 heavy (non-hydrogen) atoms. The van der Waals surface area contributed by atoms with Crippen LogP contribution in [0.5, 0.6) is 11.5 Å². The van der Waals surface area contributed by atoms with E-state index in [4.69, 9.17) is 14.5 Å². The quantitative estimate of drug-likeness (QED) is 0.530. The highest BCUT2D eigenvalue weighted by molar-refractivity contribution is 6.09. The third-order valence-corrected chi connectivity index (χ3v) is 5.61. The fourth-order valence-corrected chi connectivity index (χ4v) is 4.27. The van der Waals surface area contributed by atoms with Crippen molar-refractivity contribution in [1.29, 1.82) is 0 Å². The fourth-order valence-electron chi connectivity index (χ4n) is 4.27. The Morgan fingerprint density at radius 3 is 2.68 bits per heavy atom.